The number of rotatable bonds is 3. The summed E-state index contributed by atoms with van der Waals surface area (Å²) in [5.74, 6) is 0.339. The molecule has 86 valence electrons. The number of hydrogen-bond acceptors (Lipinski definition) is 3. The van der Waals surface area contributed by atoms with Gasteiger partial charge in [-0.3, -0.25) is 14.5 Å². The Labute approximate surface area is 91.2 Å². The summed E-state index contributed by atoms with van der Waals surface area (Å²) in [7, 11) is 5.33. The van der Waals surface area contributed by atoms with Gasteiger partial charge in [0.25, 0.3) is 0 Å². The lowest BCUT2D eigenvalue weighted by atomic mass is 9.93. The lowest BCUT2D eigenvalue weighted by Gasteiger charge is -2.30. The fourth-order valence-corrected chi connectivity index (χ4v) is 1.90. The van der Waals surface area contributed by atoms with Crippen LogP contribution in [0.1, 0.15) is 25.7 Å². The first-order chi connectivity index (χ1) is 7.02. The van der Waals surface area contributed by atoms with E-state index in [1.54, 1.807) is 19.0 Å². The zero-order valence-corrected chi connectivity index (χ0v) is 9.82. The molecule has 4 nitrogen and oxygen atoms in total. The van der Waals surface area contributed by atoms with E-state index in [1.165, 1.54) is 0 Å². The second-order valence-corrected chi connectivity index (χ2v) is 4.43. The Morgan fingerprint density at radius 1 is 1.33 bits per heavy atom. The average Bonchev–Trinajstić information content (AvgIpc) is 2.18. The monoisotopic (exact) mass is 212 g/mol. The van der Waals surface area contributed by atoms with E-state index in [0.717, 1.165) is 19.3 Å². The molecule has 0 N–H and O–H groups in total. The minimum atomic E-state index is -0.0392. The van der Waals surface area contributed by atoms with Gasteiger partial charge in [0.05, 0.1) is 12.6 Å². The van der Waals surface area contributed by atoms with Gasteiger partial charge in [0.2, 0.25) is 5.91 Å². The van der Waals surface area contributed by atoms with Crippen LogP contribution in [0.15, 0.2) is 0 Å². The van der Waals surface area contributed by atoms with Gasteiger partial charge in [-0.2, -0.15) is 0 Å². The Morgan fingerprint density at radius 2 is 2.00 bits per heavy atom. The van der Waals surface area contributed by atoms with E-state index in [0.29, 0.717) is 13.0 Å². The van der Waals surface area contributed by atoms with Crippen molar-refractivity contribution in [3.05, 3.63) is 0 Å². The topological polar surface area (TPSA) is 40.6 Å². The Balaban J connectivity index is 2.48. The van der Waals surface area contributed by atoms with Gasteiger partial charge in [-0.15, -0.1) is 0 Å². The van der Waals surface area contributed by atoms with Gasteiger partial charge in [0.15, 0.2) is 0 Å². The quantitative estimate of drug-likeness (QED) is 0.684. The average molecular weight is 212 g/mol. The second kappa shape index (κ2) is 5.26. The van der Waals surface area contributed by atoms with Crippen LogP contribution in [0.2, 0.25) is 0 Å². The first-order valence-electron chi connectivity index (χ1n) is 5.45. The zero-order valence-electron chi connectivity index (χ0n) is 9.82. The third kappa shape index (κ3) is 3.30. The molecule has 1 unspecified atom stereocenters. The molecular weight excluding hydrogens is 192 g/mol. The minimum Gasteiger partial charge on any atom is -0.348 e. The Hall–Kier alpha value is -0.900. The summed E-state index contributed by atoms with van der Waals surface area (Å²) in [5.41, 5.74) is 0. The molecule has 1 fully saturated rings. The van der Waals surface area contributed by atoms with Crippen molar-refractivity contribution in [1.82, 2.24) is 9.80 Å². The predicted molar refractivity (Wildman–Crippen MR) is 58.6 cm³/mol. The van der Waals surface area contributed by atoms with Crippen LogP contribution in [-0.2, 0) is 9.59 Å². The molecule has 1 aliphatic carbocycles. The molecule has 0 aromatic carbocycles. The molecule has 1 atom stereocenters. The van der Waals surface area contributed by atoms with Crippen molar-refractivity contribution in [3.63, 3.8) is 0 Å². The standard InChI is InChI=1S/C11H20N2O2/c1-12(2)11(15)8-13(3)9-6-4-5-7-10(9)14/h9H,4-8H2,1-3H3. The lowest BCUT2D eigenvalue weighted by molar-refractivity contribution is -0.132. The van der Waals surface area contributed by atoms with E-state index in [2.05, 4.69) is 0 Å². The van der Waals surface area contributed by atoms with Gasteiger partial charge < -0.3 is 4.90 Å². The Morgan fingerprint density at radius 3 is 2.53 bits per heavy atom. The number of hydrogen-bond donors (Lipinski definition) is 0. The molecule has 0 aliphatic heterocycles. The molecule has 0 bridgehead atoms. The van der Waals surface area contributed by atoms with Crippen LogP contribution >= 0.6 is 0 Å². The number of amides is 1. The first kappa shape index (κ1) is 12.2. The van der Waals surface area contributed by atoms with Crippen molar-refractivity contribution in [2.45, 2.75) is 31.7 Å². The number of Topliss-reactive ketones (excluding diaryl/α,β-unsaturated/α-hetero) is 1. The van der Waals surface area contributed by atoms with Crippen LogP contribution in [-0.4, -0.2) is 55.2 Å². The van der Waals surface area contributed by atoms with Crippen LogP contribution in [0, 0.1) is 0 Å². The second-order valence-electron chi connectivity index (χ2n) is 4.43. The highest BCUT2D eigenvalue weighted by molar-refractivity contribution is 5.85. The number of nitrogens with zero attached hydrogens (tertiary/aromatic N) is 2. The van der Waals surface area contributed by atoms with Crippen molar-refractivity contribution < 1.29 is 9.59 Å². The molecule has 0 spiro atoms. The van der Waals surface area contributed by atoms with E-state index in [1.807, 2.05) is 11.9 Å². The summed E-state index contributed by atoms with van der Waals surface area (Å²) >= 11 is 0. The van der Waals surface area contributed by atoms with E-state index < -0.39 is 0 Å². The molecular formula is C11H20N2O2. The van der Waals surface area contributed by atoms with Crippen LogP contribution in [0.25, 0.3) is 0 Å². The van der Waals surface area contributed by atoms with E-state index in [4.69, 9.17) is 0 Å². The summed E-state index contributed by atoms with van der Waals surface area (Å²) in [4.78, 5) is 26.5. The Kier molecular flexibility index (Phi) is 4.27. The molecule has 1 rings (SSSR count). The number of carbonyl (C=O) groups excluding carboxylic acids is 2. The summed E-state index contributed by atoms with van der Waals surface area (Å²) < 4.78 is 0. The van der Waals surface area contributed by atoms with Crippen molar-refractivity contribution in [2.24, 2.45) is 0 Å². The highest BCUT2D eigenvalue weighted by Crippen LogP contribution is 2.18. The van der Waals surface area contributed by atoms with Gasteiger partial charge in [0, 0.05) is 20.5 Å². The lowest BCUT2D eigenvalue weighted by Crippen LogP contribution is -2.45. The molecule has 0 heterocycles. The largest absolute Gasteiger partial charge is 0.348 e. The zero-order chi connectivity index (χ0) is 11.4. The summed E-state index contributed by atoms with van der Waals surface area (Å²) in [5, 5.41) is 0. The molecule has 1 amide bonds. The van der Waals surface area contributed by atoms with Crippen LogP contribution in [0.5, 0.6) is 0 Å². The van der Waals surface area contributed by atoms with Crippen LogP contribution < -0.4 is 0 Å². The normalized spacial score (nSPS) is 21.9. The molecule has 15 heavy (non-hydrogen) atoms. The first-order valence-corrected chi connectivity index (χ1v) is 5.45. The molecule has 1 saturated carbocycles. The van der Waals surface area contributed by atoms with Gasteiger partial charge in [-0.05, 0) is 19.9 Å². The van der Waals surface area contributed by atoms with Gasteiger partial charge in [-0.25, -0.2) is 0 Å². The molecule has 1 aliphatic rings. The van der Waals surface area contributed by atoms with Crippen molar-refractivity contribution in [3.8, 4) is 0 Å². The highest BCUT2D eigenvalue weighted by atomic mass is 16.2. The Bertz CT molecular complexity index is 251. The van der Waals surface area contributed by atoms with E-state index in [9.17, 15) is 9.59 Å². The van der Waals surface area contributed by atoms with E-state index in [-0.39, 0.29) is 17.7 Å². The maximum atomic E-state index is 11.6. The van der Waals surface area contributed by atoms with Gasteiger partial charge in [0.1, 0.15) is 5.78 Å². The maximum Gasteiger partial charge on any atom is 0.236 e. The van der Waals surface area contributed by atoms with Crippen LogP contribution in [0.3, 0.4) is 0 Å². The molecule has 0 aromatic heterocycles. The van der Waals surface area contributed by atoms with Gasteiger partial charge >= 0.3 is 0 Å². The number of ketones is 1. The highest BCUT2D eigenvalue weighted by Gasteiger charge is 2.27. The van der Waals surface area contributed by atoms with Crippen LogP contribution in [0.4, 0.5) is 0 Å². The third-order valence-electron chi connectivity index (χ3n) is 2.94. The third-order valence-corrected chi connectivity index (χ3v) is 2.94. The molecule has 0 aromatic rings. The SMILES string of the molecule is CN(C)C(=O)CN(C)C1CCCCC1=O. The van der Waals surface area contributed by atoms with E-state index >= 15 is 0 Å². The van der Waals surface area contributed by atoms with Crippen molar-refractivity contribution in [2.75, 3.05) is 27.7 Å². The summed E-state index contributed by atoms with van der Waals surface area (Å²) in [6.07, 6.45) is 3.67. The van der Waals surface area contributed by atoms with Gasteiger partial charge in [-0.1, -0.05) is 6.42 Å². The summed E-state index contributed by atoms with van der Waals surface area (Å²) in [6.45, 7) is 0.337. The maximum absolute atomic E-state index is 11.6. The number of likely N-dealkylation sites (N-methyl/N-ethyl adjacent to an activating group) is 2. The fraction of sp³-hybridized carbons (Fsp3) is 0.818. The van der Waals surface area contributed by atoms with Crippen molar-refractivity contribution >= 4 is 11.7 Å². The van der Waals surface area contributed by atoms with Crippen molar-refractivity contribution in [1.29, 1.82) is 0 Å². The molecule has 0 radical (unpaired) electrons. The smallest absolute Gasteiger partial charge is 0.236 e. The minimum absolute atomic E-state index is 0.0392. The fourth-order valence-electron chi connectivity index (χ4n) is 1.90. The summed E-state index contributed by atoms with van der Waals surface area (Å²) in [6, 6.07) is -0.0392. The predicted octanol–water partition coefficient (Wildman–Crippen LogP) is 0.518. The number of carbonyl (C=O) groups is 2. The molecule has 0 saturated heterocycles. The molecule has 4 heteroatoms.